The molecule has 1 atom stereocenters. The van der Waals surface area contributed by atoms with Gasteiger partial charge in [-0.25, -0.2) is 0 Å². The summed E-state index contributed by atoms with van der Waals surface area (Å²) in [6.45, 7) is 7.39. The number of anilines is 1. The van der Waals surface area contributed by atoms with Crippen LogP contribution >= 0.6 is 11.6 Å². The predicted molar refractivity (Wildman–Crippen MR) is 131 cm³/mol. The summed E-state index contributed by atoms with van der Waals surface area (Å²) in [7, 11) is 0. The van der Waals surface area contributed by atoms with Crippen molar-refractivity contribution in [2.75, 3.05) is 25.0 Å². The Morgan fingerprint density at radius 2 is 1.73 bits per heavy atom. The topological polar surface area (TPSA) is 72.9 Å². The van der Waals surface area contributed by atoms with Crippen molar-refractivity contribution in [2.45, 2.75) is 83.9 Å². The van der Waals surface area contributed by atoms with E-state index in [9.17, 15) is 14.7 Å². The van der Waals surface area contributed by atoms with E-state index < -0.39 is 0 Å². The molecule has 3 fully saturated rings. The first-order valence-electron chi connectivity index (χ1n) is 12.6. The third-order valence-corrected chi connectivity index (χ3v) is 7.85. The maximum Gasteiger partial charge on any atom is 0.224 e. The SMILES string of the molecule is Cc1c(CN2CCN(C(=O)CC3CC3)[C@@H](C)C2)cc(Cl)cc1NC(=O)CC1CCC(O)CC1. The van der Waals surface area contributed by atoms with Gasteiger partial charge in [-0.3, -0.25) is 14.5 Å². The van der Waals surface area contributed by atoms with Gasteiger partial charge in [-0.2, -0.15) is 0 Å². The minimum Gasteiger partial charge on any atom is -0.393 e. The Hall–Kier alpha value is -1.63. The van der Waals surface area contributed by atoms with Gasteiger partial charge in [-0.15, -0.1) is 0 Å². The van der Waals surface area contributed by atoms with Crippen LogP contribution in [0.15, 0.2) is 12.1 Å². The van der Waals surface area contributed by atoms with E-state index >= 15 is 0 Å². The number of rotatable bonds is 7. The van der Waals surface area contributed by atoms with Crippen LogP contribution in [0.25, 0.3) is 0 Å². The predicted octanol–water partition coefficient (Wildman–Crippen LogP) is 4.36. The molecule has 4 rings (SSSR count). The van der Waals surface area contributed by atoms with E-state index in [0.29, 0.717) is 35.6 Å². The highest BCUT2D eigenvalue weighted by Gasteiger charge is 2.32. The average molecular weight is 476 g/mol. The zero-order chi connectivity index (χ0) is 23.5. The van der Waals surface area contributed by atoms with Gasteiger partial charge >= 0.3 is 0 Å². The number of aliphatic hydroxyl groups is 1. The van der Waals surface area contributed by atoms with E-state index in [0.717, 1.165) is 68.7 Å². The number of piperazine rings is 1. The number of benzene rings is 1. The summed E-state index contributed by atoms with van der Waals surface area (Å²) in [5.74, 6) is 1.29. The van der Waals surface area contributed by atoms with Gasteiger partial charge < -0.3 is 15.3 Å². The smallest absolute Gasteiger partial charge is 0.224 e. The van der Waals surface area contributed by atoms with Crippen LogP contribution < -0.4 is 5.32 Å². The number of carbonyl (C=O) groups excluding carboxylic acids is 2. The van der Waals surface area contributed by atoms with Crippen LogP contribution in [0.3, 0.4) is 0 Å². The fraction of sp³-hybridized carbons (Fsp3) is 0.692. The second-order valence-corrected chi connectivity index (χ2v) is 10.9. The Balaban J connectivity index is 1.33. The first-order valence-corrected chi connectivity index (χ1v) is 12.9. The molecule has 2 amide bonds. The van der Waals surface area contributed by atoms with Crippen LogP contribution in [0.4, 0.5) is 5.69 Å². The van der Waals surface area contributed by atoms with E-state index in [2.05, 4.69) is 22.0 Å². The lowest BCUT2D eigenvalue weighted by Gasteiger charge is -2.40. The Bertz CT molecular complexity index is 865. The summed E-state index contributed by atoms with van der Waals surface area (Å²) < 4.78 is 0. The highest BCUT2D eigenvalue weighted by Crippen LogP contribution is 2.34. The van der Waals surface area contributed by atoms with Gasteiger partial charge in [0.15, 0.2) is 0 Å². The molecular formula is C26H38ClN3O3. The third kappa shape index (κ3) is 6.71. The van der Waals surface area contributed by atoms with Crippen molar-refractivity contribution in [3.63, 3.8) is 0 Å². The molecular weight excluding hydrogens is 438 g/mol. The molecule has 33 heavy (non-hydrogen) atoms. The quantitative estimate of drug-likeness (QED) is 0.614. The third-order valence-electron chi connectivity index (χ3n) is 7.63. The summed E-state index contributed by atoms with van der Waals surface area (Å²) in [6.07, 6.45) is 6.79. The van der Waals surface area contributed by atoms with Crippen LogP contribution in [-0.2, 0) is 16.1 Å². The summed E-state index contributed by atoms with van der Waals surface area (Å²) in [5.41, 5.74) is 2.94. The standard InChI is InChI=1S/C26H38ClN3O3/c1-17-15-29(9-10-30(17)26(33)12-20-3-4-20)16-21-13-22(27)14-24(18(21)2)28-25(32)11-19-5-7-23(31)8-6-19/h13-14,17,19-20,23,31H,3-12,15-16H2,1-2H3,(H,28,32)/t17-,19?,23?/m0/s1. The van der Waals surface area contributed by atoms with E-state index in [4.69, 9.17) is 11.6 Å². The van der Waals surface area contributed by atoms with Gasteiger partial charge in [-0.1, -0.05) is 11.6 Å². The van der Waals surface area contributed by atoms with Crippen molar-refractivity contribution in [3.8, 4) is 0 Å². The Kier molecular flexibility index (Phi) is 7.98. The van der Waals surface area contributed by atoms with Gasteiger partial charge in [0.2, 0.25) is 11.8 Å². The van der Waals surface area contributed by atoms with E-state index in [1.807, 2.05) is 19.1 Å². The molecule has 0 radical (unpaired) electrons. The first kappa shape index (κ1) is 24.5. The molecule has 0 spiro atoms. The number of nitrogens with one attached hydrogen (secondary N) is 1. The molecule has 1 heterocycles. The molecule has 182 valence electrons. The molecule has 2 saturated carbocycles. The van der Waals surface area contributed by atoms with Gasteiger partial charge in [0, 0.05) is 55.8 Å². The van der Waals surface area contributed by atoms with Crippen molar-refractivity contribution in [1.29, 1.82) is 0 Å². The Labute approximate surface area is 202 Å². The number of nitrogens with zero attached hydrogens (tertiary/aromatic N) is 2. The Morgan fingerprint density at radius 1 is 1.06 bits per heavy atom. The summed E-state index contributed by atoms with van der Waals surface area (Å²) in [4.78, 5) is 29.7. The van der Waals surface area contributed by atoms with Crippen LogP contribution in [0.5, 0.6) is 0 Å². The zero-order valence-corrected chi connectivity index (χ0v) is 20.7. The van der Waals surface area contributed by atoms with Crippen molar-refractivity contribution < 1.29 is 14.7 Å². The lowest BCUT2D eigenvalue weighted by atomic mass is 9.85. The van der Waals surface area contributed by atoms with Gasteiger partial charge in [0.05, 0.1) is 6.10 Å². The largest absolute Gasteiger partial charge is 0.393 e. The normalized spacial score (nSPS) is 26.3. The molecule has 3 aliphatic rings. The minimum atomic E-state index is -0.206. The molecule has 1 aliphatic heterocycles. The van der Waals surface area contributed by atoms with Crippen molar-refractivity contribution >= 4 is 29.1 Å². The average Bonchev–Trinajstić information content (AvgIpc) is 3.57. The lowest BCUT2D eigenvalue weighted by molar-refractivity contribution is -0.136. The fourth-order valence-corrected chi connectivity index (χ4v) is 5.56. The minimum absolute atomic E-state index is 0.0177. The van der Waals surface area contributed by atoms with Crippen LogP contribution in [0.2, 0.25) is 5.02 Å². The molecule has 0 aromatic heterocycles. The number of hydrogen-bond donors (Lipinski definition) is 2. The molecule has 1 saturated heterocycles. The summed E-state index contributed by atoms with van der Waals surface area (Å²) >= 11 is 6.43. The van der Waals surface area contributed by atoms with E-state index in [-0.39, 0.29) is 18.1 Å². The molecule has 0 bridgehead atoms. The molecule has 7 heteroatoms. The highest BCUT2D eigenvalue weighted by atomic mass is 35.5. The maximum absolute atomic E-state index is 12.7. The molecule has 1 aromatic carbocycles. The molecule has 2 aliphatic carbocycles. The number of amides is 2. The molecule has 2 N–H and O–H groups in total. The van der Waals surface area contributed by atoms with Crippen molar-refractivity contribution in [3.05, 3.63) is 28.3 Å². The number of carbonyl (C=O) groups is 2. The fourth-order valence-electron chi connectivity index (χ4n) is 5.32. The van der Waals surface area contributed by atoms with E-state index in [1.54, 1.807) is 0 Å². The van der Waals surface area contributed by atoms with Gasteiger partial charge in [-0.05, 0) is 87.5 Å². The highest BCUT2D eigenvalue weighted by molar-refractivity contribution is 6.31. The summed E-state index contributed by atoms with van der Waals surface area (Å²) in [6, 6.07) is 4.03. The zero-order valence-electron chi connectivity index (χ0n) is 20.0. The van der Waals surface area contributed by atoms with Gasteiger partial charge in [0.25, 0.3) is 0 Å². The van der Waals surface area contributed by atoms with Crippen LogP contribution in [0.1, 0.15) is 69.4 Å². The van der Waals surface area contributed by atoms with Crippen molar-refractivity contribution in [2.24, 2.45) is 11.8 Å². The number of halogens is 1. The monoisotopic (exact) mass is 475 g/mol. The maximum atomic E-state index is 12.7. The first-order chi connectivity index (χ1) is 15.8. The second kappa shape index (κ2) is 10.7. The lowest BCUT2D eigenvalue weighted by Crippen LogP contribution is -2.53. The number of aliphatic hydroxyl groups excluding tert-OH is 1. The second-order valence-electron chi connectivity index (χ2n) is 10.5. The molecule has 1 aromatic rings. The summed E-state index contributed by atoms with van der Waals surface area (Å²) in [5, 5.41) is 13.4. The number of hydrogen-bond acceptors (Lipinski definition) is 4. The van der Waals surface area contributed by atoms with Crippen molar-refractivity contribution in [1.82, 2.24) is 9.80 Å². The molecule has 6 nitrogen and oxygen atoms in total. The van der Waals surface area contributed by atoms with Gasteiger partial charge in [0.1, 0.15) is 0 Å². The Morgan fingerprint density at radius 3 is 2.39 bits per heavy atom. The van der Waals surface area contributed by atoms with Crippen LogP contribution in [0, 0.1) is 18.8 Å². The molecule has 0 unspecified atom stereocenters. The van der Waals surface area contributed by atoms with Crippen LogP contribution in [-0.4, -0.2) is 58.5 Å². The van der Waals surface area contributed by atoms with E-state index in [1.165, 1.54) is 12.8 Å².